The van der Waals surface area contributed by atoms with Gasteiger partial charge in [-0.1, -0.05) is 30.3 Å². The van der Waals surface area contributed by atoms with Crippen molar-refractivity contribution in [2.24, 2.45) is 10.9 Å². The van der Waals surface area contributed by atoms with Crippen LogP contribution in [0.3, 0.4) is 0 Å². The Balaban J connectivity index is 2.04. The van der Waals surface area contributed by atoms with Crippen molar-refractivity contribution in [2.75, 3.05) is 26.2 Å². The molecule has 1 saturated heterocycles. The van der Waals surface area contributed by atoms with Crippen LogP contribution < -0.4 is 0 Å². The van der Waals surface area contributed by atoms with Crippen LogP contribution in [0.25, 0.3) is 0 Å². The normalized spacial score (nSPS) is 17.7. The molecule has 1 aliphatic rings. The average molecular weight is 313 g/mol. The van der Waals surface area contributed by atoms with Gasteiger partial charge in [0, 0.05) is 6.21 Å². The molecule has 0 saturated carbocycles. The standard InChI is InChI=1S/C18H23N3O2/c1-2-23-18(22)16(12-19)13-20-14-17(21-10-6-7-11-21)15-8-4-3-5-9-15/h3-5,8-9,13,16-17H,2,6-7,10-11,14H2,1H3/t16-,17+/m0/s1. The molecule has 122 valence electrons. The number of benzene rings is 1. The SMILES string of the molecule is CCOC(=O)[C@@H](C#N)C=NC[C@H](c1ccccc1)N1CCCC1. The fourth-order valence-electron chi connectivity index (χ4n) is 2.81. The van der Waals surface area contributed by atoms with Crippen LogP contribution in [0.5, 0.6) is 0 Å². The van der Waals surface area contributed by atoms with Crippen molar-refractivity contribution in [3.8, 4) is 6.07 Å². The van der Waals surface area contributed by atoms with Gasteiger partial charge in [0.25, 0.3) is 0 Å². The van der Waals surface area contributed by atoms with Gasteiger partial charge in [0.1, 0.15) is 0 Å². The van der Waals surface area contributed by atoms with E-state index in [-0.39, 0.29) is 12.6 Å². The van der Waals surface area contributed by atoms with E-state index in [1.165, 1.54) is 24.6 Å². The summed E-state index contributed by atoms with van der Waals surface area (Å²) in [5.41, 5.74) is 1.22. The van der Waals surface area contributed by atoms with Crippen molar-refractivity contribution in [1.29, 1.82) is 5.26 Å². The van der Waals surface area contributed by atoms with Gasteiger partial charge in [-0.2, -0.15) is 5.26 Å². The second kappa shape index (κ2) is 9.06. The second-order valence-electron chi connectivity index (χ2n) is 5.54. The fourth-order valence-corrected chi connectivity index (χ4v) is 2.81. The van der Waals surface area contributed by atoms with Gasteiger partial charge in [-0.05, 0) is 38.4 Å². The quantitative estimate of drug-likeness (QED) is 0.573. The summed E-state index contributed by atoms with van der Waals surface area (Å²) in [6, 6.07) is 12.4. The van der Waals surface area contributed by atoms with Gasteiger partial charge >= 0.3 is 5.97 Å². The van der Waals surface area contributed by atoms with E-state index in [1.54, 1.807) is 6.92 Å². The Labute approximate surface area is 137 Å². The van der Waals surface area contributed by atoms with E-state index >= 15 is 0 Å². The van der Waals surface area contributed by atoms with Gasteiger partial charge in [0.15, 0.2) is 5.92 Å². The Morgan fingerprint density at radius 1 is 1.39 bits per heavy atom. The fraction of sp³-hybridized carbons (Fsp3) is 0.500. The lowest BCUT2D eigenvalue weighted by atomic mass is 10.1. The molecule has 0 amide bonds. The molecule has 1 aromatic carbocycles. The van der Waals surface area contributed by atoms with Crippen molar-refractivity contribution in [3.05, 3.63) is 35.9 Å². The van der Waals surface area contributed by atoms with Crippen LogP contribution in [0.1, 0.15) is 31.4 Å². The van der Waals surface area contributed by atoms with E-state index in [0.29, 0.717) is 6.54 Å². The molecule has 1 aromatic rings. The van der Waals surface area contributed by atoms with E-state index in [0.717, 1.165) is 13.1 Å². The Morgan fingerprint density at radius 3 is 2.70 bits per heavy atom. The van der Waals surface area contributed by atoms with E-state index in [4.69, 9.17) is 10.00 Å². The molecule has 1 fully saturated rings. The molecule has 0 unspecified atom stereocenters. The topological polar surface area (TPSA) is 65.7 Å². The first-order valence-corrected chi connectivity index (χ1v) is 8.11. The molecule has 2 rings (SSSR count). The van der Waals surface area contributed by atoms with Crippen LogP contribution in [0.2, 0.25) is 0 Å². The van der Waals surface area contributed by atoms with Gasteiger partial charge < -0.3 is 4.74 Å². The summed E-state index contributed by atoms with van der Waals surface area (Å²) in [4.78, 5) is 18.4. The third-order valence-corrected chi connectivity index (χ3v) is 3.98. The van der Waals surface area contributed by atoms with Crippen LogP contribution in [-0.2, 0) is 9.53 Å². The van der Waals surface area contributed by atoms with Crippen molar-refractivity contribution in [2.45, 2.75) is 25.8 Å². The number of nitriles is 1. The molecular weight excluding hydrogens is 290 g/mol. The van der Waals surface area contributed by atoms with E-state index in [9.17, 15) is 4.79 Å². The Bertz CT molecular complexity index is 559. The largest absolute Gasteiger partial charge is 0.465 e. The predicted octanol–water partition coefficient (Wildman–Crippen LogP) is 2.60. The van der Waals surface area contributed by atoms with Crippen LogP contribution in [0, 0.1) is 17.2 Å². The molecule has 1 heterocycles. The van der Waals surface area contributed by atoms with Crippen molar-refractivity contribution >= 4 is 12.2 Å². The lowest BCUT2D eigenvalue weighted by Crippen LogP contribution is -2.28. The number of hydrogen-bond donors (Lipinski definition) is 0. The third-order valence-electron chi connectivity index (χ3n) is 3.98. The number of carbonyl (C=O) groups is 1. The van der Waals surface area contributed by atoms with E-state index in [2.05, 4.69) is 22.0 Å². The zero-order valence-electron chi connectivity index (χ0n) is 13.5. The second-order valence-corrected chi connectivity index (χ2v) is 5.54. The van der Waals surface area contributed by atoms with Crippen molar-refractivity contribution < 1.29 is 9.53 Å². The maximum absolute atomic E-state index is 11.6. The molecule has 2 atom stereocenters. The molecule has 0 N–H and O–H groups in total. The minimum atomic E-state index is -0.926. The summed E-state index contributed by atoms with van der Waals surface area (Å²) in [5, 5.41) is 9.06. The zero-order chi connectivity index (χ0) is 16.5. The molecule has 5 heteroatoms. The molecule has 5 nitrogen and oxygen atoms in total. The van der Waals surface area contributed by atoms with Gasteiger partial charge in [0.05, 0.1) is 25.3 Å². The smallest absolute Gasteiger partial charge is 0.328 e. The van der Waals surface area contributed by atoms with Crippen LogP contribution >= 0.6 is 0 Å². The first-order valence-electron chi connectivity index (χ1n) is 8.11. The molecule has 0 bridgehead atoms. The summed E-state index contributed by atoms with van der Waals surface area (Å²) >= 11 is 0. The summed E-state index contributed by atoms with van der Waals surface area (Å²) in [7, 11) is 0. The van der Waals surface area contributed by atoms with Gasteiger partial charge in [-0.15, -0.1) is 0 Å². The maximum atomic E-state index is 11.6. The lowest BCUT2D eigenvalue weighted by molar-refractivity contribution is -0.143. The first-order chi connectivity index (χ1) is 11.3. The summed E-state index contributed by atoms with van der Waals surface area (Å²) in [6.07, 6.45) is 3.83. The highest BCUT2D eigenvalue weighted by Gasteiger charge is 2.23. The number of rotatable bonds is 7. The Morgan fingerprint density at radius 2 is 2.09 bits per heavy atom. The van der Waals surface area contributed by atoms with Gasteiger partial charge in [-0.25, -0.2) is 0 Å². The monoisotopic (exact) mass is 313 g/mol. The number of esters is 1. The van der Waals surface area contributed by atoms with Crippen molar-refractivity contribution in [3.63, 3.8) is 0 Å². The van der Waals surface area contributed by atoms with E-state index in [1.807, 2.05) is 24.3 Å². The summed E-state index contributed by atoms with van der Waals surface area (Å²) in [6.45, 7) is 4.67. The molecule has 1 aliphatic heterocycles. The molecule has 0 radical (unpaired) electrons. The summed E-state index contributed by atoms with van der Waals surface area (Å²) < 4.78 is 4.87. The Hall–Kier alpha value is -2.19. The number of nitrogens with zero attached hydrogens (tertiary/aromatic N) is 3. The summed E-state index contributed by atoms with van der Waals surface area (Å²) in [5.74, 6) is -1.46. The first kappa shape index (κ1) is 17.2. The molecule has 0 spiro atoms. The number of carbonyl (C=O) groups excluding carboxylic acids is 1. The zero-order valence-corrected chi connectivity index (χ0v) is 13.5. The highest BCUT2D eigenvalue weighted by molar-refractivity contribution is 5.92. The molecule has 0 aliphatic carbocycles. The van der Waals surface area contributed by atoms with Crippen LogP contribution in [0.4, 0.5) is 0 Å². The number of hydrogen-bond acceptors (Lipinski definition) is 5. The molecular formula is C18H23N3O2. The van der Waals surface area contributed by atoms with Crippen LogP contribution in [0.15, 0.2) is 35.3 Å². The highest BCUT2D eigenvalue weighted by atomic mass is 16.5. The van der Waals surface area contributed by atoms with Crippen LogP contribution in [-0.4, -0.2) is 43.3 Å². The molecule has 23 heavy (non-hydrogen) atoms. The minimum Gasteiger partial charge on any atom is -0.465 e. The van der Waals surface area contributed by atoms with Gasteiger partial charge in [-0.3, -0.25) is 14.7 Å². The number of likely N-dealkylation sites (tertiary alicyclic amines) is 1. The molecule has 0 aromatic heterocycles. The lowest BCUT2D eigenvalue weighted by Gasteiger charge is -2.26. The van der Waals surface area contributed by atoms with Gasteiger partial charge in [0.2, 0.25) is 0 Å². The third kappa shape index (κ3) is 4.90. The van der Waals surface area contributed by atoms with Crippen molar-refractivity contribution in [1.82, 2.24) is 4.90 Å². The minimum absolute atomic E-state index is 0.191. The predicted molar refractivity (Wildman–Crippen MR) is 89.1 cm³/mol. The van der Waals surface area contributed by atoms with E-state index < -0.39 is 11.9 Å². The number of aliphatic imine (C=N–C) groups is 1. The maximum Gasteiger partial charge on any atom is 0.328 e. The Kier molecular flexibility index (Phi) is 6.76. The highest BCUT2D eigenvalue weighted by Crippen LogP contribution is 2.25. The number of ether oxygens (including phenoxy) is 1. The average Bonchev–Trinajstić information content (AvgIpc) is 3.10.